The quantitative estimate of drug-likeness (QED) is 0.654. The Morgan fingerprint density at radius 3 is 2.64 bits per heavy atom. The molecule has 3 N–H and O–H groups in total. The highest BCUT2D eigenvalue weighted by Gasteiger charge is 2.12. The molecule has 0 bridgehead atoms. The van der Waals surface area contributed by atoms with Crippen molar-refractivity contribution in [3.05, 3.63) is 57.3 Å². The fourth-order valence-corrected chi connectivity index (χ4v) is 2.78. The van der Waals surface area contributed by atoms with E-state index in [1.165, 1.54) is 24.3 Å². The topological polar surface area (TPSA) is 103 Å². The van der Waals surface area contributed by atoms with E-state index in [2.05, 4.69) is 20.3 Å². The zero-order valence-corrected chi connectivity index (χ0v) is 14.1. The lowest BCUT2D eigenvalue weighted by atomic mass is 10.3. The van der Waals surface area contributed by atoms with Gasteiger partial charge in [-0.1, -0.05) is 11.6 Å². The van der Waals surface area contributed by atoms with E-state index >= 15 is 0 Å². The third kappa shape index (κ3) is 4.61. The third-order valence-electron chi connectivity index (χ3n) is 2.91. The van der Waals surface area contributed by atoms with Crippen LogP contribution in [0, 0.1) is 5.82 Å². The molecule has 0 amide bonds. The van der Waals surface area contributed by atoms with E-state index in [-0.39, 0.29) is 30.1 Å². The molecule has 0 unspecified atom stereocenters. The SMILES string of the molecule is Nc1nc(COC(=O)c2ccc(Cl)s2)nc(Nc2ccc(F)cc2)n1. The molecule has 128 valence electrons. The number of ether oxygens (including phenoxy) is 1. The summed E-state index contributed by atoms with van der Waals surface area (Å²) in [6, 6.07) is 8.81. The van der Waals surface area contributed by atoms with Crippen molar-refractivity contribution in [1.29, 1.82) is 0 Å². The van der Waals surface area contributed by atoms with Crippen molar-refractivity contribution in [1.82, 2.24) is 15.0 Å². The minimum absolute atomic E-state index is 0.0372. The minimum atomic E-state index is -0.538. The number of aromatic nitrogens is 3. The number of nitrogens with two attached hydrogens (primary N) is 1. The molecule has 0 aliphatic rings. The van der Waals surface area contributed by atoms with Crippen LogP contribution in [0.5, 0.6) is 0 Å². The summed E-state index contributed by atoms with van der Waals surface area (Å²) in [6.45, 7) is -0.181. The van der Waals surface area contributed by atoms with Crippen LogP contribution < -0.4 is 11.1 Å². The molecule has 10 heteroatoms. The molecule has 0 radical (unpaired) electrons. The highest BCUT2D eigenvalue weighted by atomic mass is 35.5. The molecule has 1 aromatic carbocycles. The number of rotatable bonds is 5. The van der Waals surface area contributed by atoms with Crippen molar-refractivity contribution < 1.29 is 13.9 Å². The highest BCUT2D eigenvalue weighted by Crippen LogP contribution is 2.22. The van der Waals surface area contributed by atoms with Crippen molar-refractivity contribution >= 4 is 46.5 Å². The number of anilines is 3. The third-order valence-corrected chi connectivity index (χ3v) is 4.12. The van der Waals surface area contributed by atoms with E-state index in [1.807, 2.05) is 0 Å². The summed E-state index contributed by atoms with van der Waals surface area (Å²) in [6.07, 6.45) is 0. The first-order chi connectivity index (χ1) is 12.0. The average Bonchev–Trinajstić information content (AvgIpc) is 3.01. The number of carbonyl (C=O) groups excluding carboxylic acids is 1. The van der Waals surface area contributed by atoms with Crippen LogP contribution in [-0.2, 0) is 11.3 Å². The lowest BCUT2D eigenvalue weighted by Gasteiger charge is -2.07. The number of hydrogen-bond donors (Lipinski definition) is 2. The number of thiophene rings is 1. The molecule has 0 spiro atoms. The van der Waals surface area contributed by atoms with E-state index in [0.29, 0.717) is 14.9 Å². The summed E-state index contributed by atoms with van der Waals surface area (Å²) in [5.41, 5.74) is 6.21. The van der Waals surface area contributed by atoms with E-state index in [1.54, 1.807) is 12.1 Å². The first kappa shape index (κ1) is 17.1. The lowest BCUT2D eigenvalue weighted by Crippen LogP contribution is -2.10. The summed E-state index contributed by atoms with van der Waals surface area (Å²) in [4.78, 5) is 24.2. The Bertz CT molecular complexity index is 903. The van der Waals surface area contributed by atoms with Crippen LogP contribution >= 0.6 is 22.9 Å². The van der Waals surface area contributed by atoms with Crippen molar-refractivity contribution in [3.63, 3.8) is 0 Å². The second-order valence-electron chi connectivity index (χ2n) is 4.75. The zero-order valence-electron chi connectivity index (χ0n) is 12.6. The van der Waals surface area contributed by atoms with Crippen molar-refractivity contribution in [2.24, 2.45) is 0 Å². The lowest BCUT2D eigenvalue weighted by molar-refractivity contribution is 0.0468. The maximum absolute atomic E-state index is 12.9. The van der Waals surface area contributed by atoms with Gasteiger partial charge in [0.2, 0.25) is 11.9 Å². The number of nitrogens with zero attached hydrogens (tertiary/aromatic N) is 3. The van der Waals surface area contributed by atoms with Gasteiger partial charge >= 0.3 is 5.97 Å². The second-order valence-corrected chi connectivity index (χ2v) is 6.46. The fraction of sp³-hybridized carbons (Fsp3) is 0.0667. The van der Waals surface area contributed by atoms with E-state index < -0.39 is 5.97 Å². The Morgan fingerprint density at radius 2 is 1.96 bits per heavy atom. The van der Waals surface area contributed by atoms with Crippen LogP contribution in [0.1, 0.15) is 15.5 Å². The zero-order chi connectivity index (χ0) is 17.8. The number of benzene rings is 1. The largest absolute Gasteiger partial charge is 0.453 e. The van der Waals surface area contributed by atoms with Gasteiger partial charge in [-0.3, -0.25) is 0 Å². The van der Waals surface area contributed by atoms with Gasteiger partial charge in [-0.05, 0) is 36.4 Å². The van der Waals surface area contributed by atoms with E-state index in [4.69, 9.17) is 22.1 Å². The number of nitrogens with one attached hydrogen (secondary N) is 1. The smallest absolute Gasteiger partial charge is 0.348 e. The van der Waals surface area contributed by atoms with Crippen LogP contribution in [0.25, 0.3) is 0 Å². The first-order valence-corrected chi connectivity index (χ1v) is 8.14. The van der Waals surface area contributed by atoms with E-state index in [0.717, 1.165) is 11.3 Å². The molecule has 0 aliphatic heterocycles. The number of carbonyl (C=O) groups is 1. The Balaban J connectivity index is 1.68. The van der Waals surface area contributed by atoms with Crippen molar-refractivity contribution in [3.8, 4) is 0 Å². The van der Waals surface area contributed by atoms with Gasteiger partial charge in [0.15, 0.2) is 12.4 Å². The van der Waals surface area contributed by atoms with Crippen LogP contribution in [0.4, 0.5) is 22.0 Å². The fourth-order valence-electron chi connectivity index (χ4n) is 1.85. The average molecular weight is 380 g/mol. The molecule has 25 heavy (non-hydrogen) atoms. The highest BCUT2D eigenvalue weighted by molar-refractivity contribution is 7.17. The van der Waals surface area contributed by atoms with Gasteiger partial charge in [-0.15, -0.1) is 11.3 Å². The summed E-state index contributed by atoms with van der Waals surface area (Å²) >= 11 is 6.89. The summed E-state index contributed by atoms with van der Waals surface area (Å²) in [7, 11) is 0. The van der Waals surface area contributed by atoms with Gasteiger partial charge in [0, 0.05) is 5.69 Å². The number of hydrogen-bond acceptors (Lipinski definition) is 8. The number of nitrogen functional groups attached to an aromatic ring is 1. The first-order valence-electron chi connectivity index (χ1n) is 6.95. The maximum atomic E-state index is 12.9. The molecule has 3 aromatic rings. The van der Waals surface area contributed by atoms with Crippen LogP contribution in [0.15, 0.2) is 36.4 Å². The monoisotopic (exact) mass is 379 g/mol. The Morgan fingerprint density at radius 1 is 1.20 bits per heavy atom. The molecule has 0 aliphatic carbocycles. The van der Waals surface area contributed by atoms with Gasteiger partial charge in [0.05, 0.1) is 4.34 Å². The maximum Gasteiger partial charge on any atom is 0.348 e. The van der Waals surface area contributed by atoms with Gasteiger partial charge in [0.1, 0.15) is 10.7 Å². The normalized spacial score (nSPS) is 10.5. The molecule has 7 nitrogen and oxygen atoms in total. The molecule has 2 heterocycles. The molecule has 0 fully saturated rings. The van der Waals surface area contributed by atoms with Crippen molar-refractivity contribution in [2.75, 3.05) is 11.1 Å². The molecule has 0 saturated carbocycles. The minimum Gasteiger partial charge on any atom is -0.453 e. The van der Waals surface area contributed by atoms with Gasteiger partial charge < -0.3 is 15.8 Å². The molecular formula is C15H11ClFN5O2S. The second kappa shape index (κ2) is 7.41. The summed E-state index contributed by atoms with van der Waals surface area (Å²) in [5, 5.41) is 2.87. The van der Waals surface area contributed by atoms with Gasteiger partial charge in [-0.25, -0.2) is 9.18 Å². The van der Waals surface area contributed by atoms with Crippen LogP contribution in [0.3, 0.4) is 0 Å². The van der Waals surface area contributed by atoms with Crippen LogP contribution in [0.2, 0.25) is 4.34 Å². The Hall–Kier alpha value is -2.78. The molecular weight excluding hydrogens is 369 g/mol. The van der Waals surface area contributed by atoms with Gasteiger partial charge in [0.25, 0.3) is 0 Å². The van der Waals surface area contributed by atoms with Crippen molar-refractivity contribution in [2.45, 2.75) is 6.61 Å². The summed E-state index contributed by atoms with van der Waals surface area (Å²) < 4.78 is 18.5. The molecule has 2 aromatic heterocycles. The van der Waals surface area contributed by atoms with Crippen LogP contribution in [-0.4, -0.2) is 20.9 Å². The predicted octanol–water partition coefficient (Wildman–Crippen LogP) is 3.41. The van der Waals surface area contributed by atoms with Gasteiger partial charge in [-0.2, -0.15) is 15.0 Å². The standard InChI is InChI=1S/C15H11ClFN5O2S/c16-11-6-5-10(25-11)13(23)24-7-12-20-14(18)22-15(21-12)19-9-3-1-8(17)2-4-9/h1-6H,7H2,(H3,18,19,20,21,22). The summed E-state index contributed by atoms with van der Waals surface area (Å²) in [5.74, 6) is -0.604. The number of halogens is 2. The molecule has 3 rings (SSSR count). The Labute approximate surface area is 150 Å². The molecule has 0 atom stereocenters. The molecule has 0 saturated heterocycles. The number of esters is 1. The predicted molar refractivity (Wildman–Crippen MR) is 92.4 cm³/mol. The Kier molecular flexibility index (Phi) is 5.05. The van der Waals surface area contributed by atoms with E-state index in [9.17, 15) is 9.18 Å².